The second-order valence-electron chi connectivity index (χ2n) is 7.26. The van der Waals surface area contributed by atoms with Gasteiger partial charge in [0.25, 0.3) is 11.8 Å². The number of nitrogens with one attached hydrogen (secondary N) is 1. The van der Waals surface area contributed by atoms with E-state index in [1.54, 1.807) is 24.3 Å². The average Bonchev–Trinajstić information content (AvgIpc) is 2.64. The fraction of sp³-hybridized carbons (Fsp3) is 0.182. The number of benzene rings is 3. The van der Waals surface area contributed by atoms with Crippen LogP contribution in [0.1, 0.15) is 41.5 Å². The van der Waals surface area contributed by atoms with Gasteiger partial charge in [0.2, 0.25) is 0 Å². The summed E-state index contributed by atoms with van der Waals surface area (Å²) in [5, 5.41) is 3.21. The molecule has 27 heavy (non-hydrogen) atoms. The summed E-state index contributed by atoms with van der Waals surface area (Å²) in [6.07, 6.45) is 0. The summed E-state index contributed by atoms with van der Waals surface area (Å²) in [5.74, 6) is -0.592. The van der Waals surface area contributed by atoms with Crippen molar-refractivity contribution in [3.8, 4) is 0 Å². The summed E-state index contributed by atoms with van der Waals surface area (Å²) in [7, 11) is 0. The second-order valence-corrected chi connectivity index (χ2v) is 8.11. The van der Waals surface area contributed by atoms with Crippen LogP contribution in [0, 0.1) is 0 Å². The molecule has 0 bridgehead atoms. The molecule has 0 aliphatic heterocycles. The third-order valence-corrected chi connectivity index (χ3v) is 4.92. The molecule has 0 unspecified atom stereocenters. The summed E-state index contributed by atoms with van der Waals surface area (Å²) >= 11 is 3.42. The van der Waals surface area contributed by atoms with Crippen molar-refractivity contribution in [3.63, 3.8) is 0 Å². The standard InChI is InChI=1S/C22H21BrN2O2/c1-22(2,3)25(21(27)18-12-6-7-14-19(18)23)24-20(26)17-13-8-10-15-9-4-5-11-16(15)17/h4-14H,1-3H3,(H,24,26). The van der Waals surface area contributed by atoms with Crippen molar-refractivity contribution in [2.45, 2.75) is 26.3 Å². The van der Waals surface area contributed by atoms with Crippen LogP contribution < -0.4 is 5.43 Å². The third kappa shape index (κ3) is 4.03. The Balaban J connectivity index is 1.97. The van der Waals surface area contributed by atoms with Crippen molar-refractivity contribution >= 4 is 38.5 Å². The molecule has 0 atom stereocenters. The minimum Gasteiger partial charge on any atom is -0.267 e. The van der Waals surface area contributed by atoms with Gasteiger partial charge in [0, 0.05) is 10.0 Å². The van der Waals surface area contributed by atoms with Gasteiger partial charge >= 0.3 is 0 Å². The number of halogens is 1. The summed E-state index contributed by atoms with van der Waals surface area (Å²) in [6.45, 7) is 5.64. The minimum absolute atomic E-state index is 0.274. The van der Waals surface area contributed by atoms with Crippen LogP contribution in [0.4, 0.5) is 0 Å². The van der Waals surface area contributed by atoms with E-state index in [9.17, 15) is 9.59 Å². The van der Waals surface area contributed by atoms with Crippen LogP contribution in [0.25, 0.3) is 10.8 Å². The Kier molecular flexibility index (Phi) is 5.33. The number of rotatable bonds is 2. The summed E-state index contributed by atoms with van der Waals surface area (Å²) in [5.41, 5.74) is 3.23. The number of carbonyl (C=O) groups is 2. The van der Waals surface area contributed by atoms with Gasteiger partial charge in [-0.3, -0.25) is 15.0 Å². The Hall–Kier alpha value is -2.66. The van der Waals surface area contributed by atoms with E-state index < -0.39 is 5.54 Å². The fourth-order valence-electron chi connectivity index (χ4n) is 2.86. The van der Waals surface area contributed by atoms with Crippen LogP contribution in [0.5, 0.6) is 0 Å². The maximum absolute atomic E-state index is 13.1. The summed E-state index contributed by atoms with van der Waals surface area (Å²) in [6, 6.07) is 20.4. The van der Waals surface area contributed by atoms with E-state index in [1.807, 2.05) is 63.2 Å². The van der Waals surface area contributed by atoms with Gasteiger partial charge < -0.3 is 0 Å². The van der Waals surface area contributed by atoms with E-state index in [1.165, 1.54) is 5.01 Å². The van der Waals surface area contributed by atoms with E-state index >= 15 is 0 Å². The van der Waals surface area contributed by atoms with Gasteiger partial charge in [-0.25, -0.2) is 5.01 Å². The van der Waals surface area contributed by atoms with Crippen LogP contribution in [-0.2, 0) is 0 Å². The van der Waals surface area contributed by atoms with Gasteiger partial charge in [0.05, 0.1) is 11.1 Å². The van der Waals surface area contributed by atoms with Crippen molar-refractivity contribution in [1.82, 2.24) is 10.4 Å². The molecule has 4 nitrogen and oxygen atoms in total. The first-order chi connectivity index (χ1) is 12.8. The number of hydrogen-bond donors (Lipinski definition) is 1. The first-order valence-electron chi connectivity index (χ1n) is 8.67. The van der Waals surface area contributed by atoms with Crippen molar-refractivity contribution in [2.75, 3.05) is 0 Å². The minimum atomic E-state index is -0.605. The monoisotopic (exact) mass is 424 g/mol. The van der Waals surface area contributed by atoms with Gasteiger partial charge in [0.15, 0.2) is 0 Å². The number of carbonyl (C=O) groups excluding carboxylic acids is 2. The predicted molar refractivity (Wildman–Crippen MR) is 111 cm³/mol. The largest absolute Gasteiger partial charge is 0.273 e. The number of hydrazine groups is 1. The topological polar surface area (TPSA) is 49.4 Å². The van der Waals surface area contributed by atoms with Crippen LogP contribution in [0.3, 0.4) is 0 Å². The highest BCUT2D eigenvalue weighted by molar-refractivity contribution is 9.10. The molecule has 0 spiro atoms. The van der Waals surface area contributed by atoms with Crippen molar-refractivity contribution in [1.29, 1.82) is 0 Å². The van der Waals surface area contributed by atoms with Crippen LogP contribution in [-0.4, -0.2) is 22.4 Å². The normalized spacial score (nSPS) is 11.3. The fourth-order valence-corrected chi connectivity index (χ4v) is 3.32. The second kappa shape index (κ2) is 7.53. The lowest BCUT2D eigenvalue weighted by molar-refractivity contribution is 0.0358. The Morgan fingerprint density at radius 2 is 1.44 bits per heavy atom. The lowest BCUT2D eigenvalue weighted by Crippen LogP contribution is -2.56. The molecular weight excluding hydrogens is 404 g/mol. The maximum Gasteiger partial charge on any atom is 0.273 e. The number of nitrogens with zero attached hydrogens (tertiary/aromatic N) is 1. The van der Waals surface area contributed by atoms with Crippen LogP contribution in [0.15, 0.2) is 71.2 Å². The number of hydrogen-bond acceptors (Lipinski definition) is 2. The molecule has 0 aromatic heterocycles. The molecule has 3 aromatic rings. The van der Waals surface area contributed by atoms with Gasteiger partial charge in [-0.15, -0.1) is 0 Å². The van der Waals surface area contributed by atoms with Crippen molar-refractivity contribution < 1.29 is 9.59 Å². The molecular formula is C22H21BrN2O2. The van der Waals surface area contributed by atoms with E-state index in [2.05, 4.69) is 21.4 Å². The zero-order chi connectivity index (χ0) is 19.6. The number of fused-ring (bicyclic) bond motifs is 1. The predicted octanol–water partition coefficient (Wildman–Crippen LogP) is 5.19. The molecule has 0 radical (unpaired) electrons. The molecule has 2 amide bonds. The summed E-state index contributed by atoms with van der Waals surface area (Å²) < 4.78 is 0.684. The molecule has 0 saturated heterocycles. The van der Waals surface area contributed by atoms with Gasteiger partial charge in [-0.2, -0.15) is 0 Å². The molecule has 0 heterocycles. The van der Waals surface area contributed by atoms with E-state index in [-0.39, 0.29) is 11.8 Å². The average molecular weight is 425 g/mol. The lowest BCUT2D eigenvalue weighted by Gasteiger charge is -2.35. The highest BCUT2D eigenvalue weighted by atomic mass is 79.9. The highest BCUT2D eigenvalue weighted by Gasteiger charge is 2.30. The van der Waals surface area contributed by atoms with E-state index in [0.29, 0.717) is 15.6 Å². The Morgan fingerprint density at radius 1 is 0.852 bits per heavy atom. The SMILES string of the molecule is CC(C)(C)N(NC(=O)c1cccc2ccccc12)C(=O)c1ccccc1Br. The molecule has 3 aromatic carbocycles. The van der Waals surface area contributed by atoms with Gasteiger partial charge in [0.1, 0.15) is 0 Å². The van der Waals surface area contributed by atoms with Crippen LogP contribution >= 0.6 is 15.9 Å². The van der Waals surface area contributed by atoms with Gasteiger partial charge in [-0.05, 0) is 65.7 Å². The Bertz CT molecular complexity index is 1000. The smallest absolute Gasteiger partial charge is 0.267 e. The first-order valence-corrected chi connectivity index (χ1v) is 9.46. The molecule has 0 aliphatic rings. The quantitative estimate of drug-likeness (QED) is 0.575. The molecule has 0 aliphatic carbocycles. The maximum atomic E-state index is 13.1. The first kappa shape index (κ1) is 19.1. The molecule has 138 valence electrons. The molecule has 3 rings (SSSR count). The zero-order valence-corrected chi connectivity index (χ0v) is 17.1. The van der Waals surface area contributed by atoms with Crippen molar-refractivity contribution in [3.05, 3.63) is 82.3 Å². The lowest BCUT2D eigenvalue weighted by atomic mass is 10.0. The Morgan fingerprint density at radius 3 is 2.15 bits per heavy atom. The molecule has 5 heteroatoms. The van der Waals surface area contributed by atoms with E-state index in [4.69, 9.17) is 0 Å². The van der Waals surface area contributed by atoms with Crippen molar-refractivity contribution in [2.24, 2.45) is 0 Å². The number of amides is 2. The van der Waals surface area contributed by atoms with Gasteiger partial charge in [-0.1, -0.05) is 48.5 Å². The van der Waals surface area contributed by atoms with E-state index in [0.717, 1.165) is 10.8 Å². The molecule has 1 N–H and O–H groups in total. The zero-order valence-electron chi connectivity index (χ0n) is 15.5. The van der Waals surface area contributed by atoms with Crippen LogP contribution in [0.2, 0.25) is 0 Å². The Labute approximate surface area is 167 Å². The molecule has 0 saturated carbocycles. The molecule has 0 fully saturated rings. The highest BCUT2D eigenvalue weighted by Crippen LogP contribution is 2.23. The summed E-state index contributed by atoms with van der Waals surface area (Å²) in [4.78, 5) is 26.1. The third-order valence-electron chi connectivity index (χ3n) is 4.23.